The van der Waals surface area contributed by atoms with Gasteiger partial charge in [-0.3, -0.25) is 9.78 Å². The molecule has 0 saturated heterocycles. The Morgan fingerprint density at radius 1 is 1.20 bits per heavy atom. The van der Waals surface area contributed by atoms with Gasteiger partial charge in [0.25, 0.3) is 0 Å². The van der Waals surface area contributed by atoms with Crippen molar-refractivity contribution in [2.45, 2.75) is 59.7 Å². The third-order valence-electron chi connectivity index (χ3n) is 5.84. The second-order valence-corrected chi connectivity index (χ2v) is 9.86. The van der Waals surface area contributed by atoms with Crippen LogP contribution in [0.15, 0.2) is 70.1 Å². The van der Waals surface area contributed by atoms with Gasteiger partial charge in [-0.15, -0.1) is 0 Å². The van der Waals surface area contributed by atoms with E-state index in [9.17, 15) is 9.59 Å². The number of ether oxygens (including phenoxy) is 1. The van der Waals surface area contributed by atoms with Gasteiger partial charge in [-0.2, -0.15) is 0 Å². The van der Waals surface area contributed by atoms with Gasteiger partial charge < -0.3 is 15.0 Å². The van der Waals surface area contributed by atoms with Crippen LogP contribution in [0.4, 0.5) is 0 Å². The van der Waals surface area contributed by atoms with Gasteiger partial charge in [0, 0.05) is 24.6 Å². The summed E-state index contributed by atoms with van der Waals surface area (Å²) in [6, 6.07) is 9.54. The SMILES string of the molecule is CC1=C(C(=O)OC(C)C)C(c2ccc(C)cc2C)N2C(CC(=O)NCc3cccnc3)=CSC2=N1. The van der Waals surface area contributed by atoms with Gasteiger partial charge in [-0.25, -0.2) is 9.79 Å². The Hall–Kier alpha value is -3.39. The number of pyridine rings is 1. The second-order valence-electron chi connectivity index (χ2n) is 9.02. The van der Waals surface area contributed by atoms with Crippen LogP contribution in [0.1, 0.15) is 55.5 Å². The molecule has 182 valence electrons. The summed E-state index contributed by atoms with van der Waals surface area (Å²) in [7, 11) is 0. The van der Waals surface area contributed by atoms with Crippen molar-refractivity contribution >= 4 is 28.8 Å². The van der Waals surface area contributed by atoms with Gasteiger partial charge in [-0.1, -0.05) is 41.6 Å². The lowest BCUT2D eigenvalue weighted by atomic mass is 9.90. The Kier molecular flexibility index (Phi) is 7.40. The first-order chi connectivity index (χ1) is 16.7. The molecule has 1 N–H and O–H groups in total. The lowest BCUT2D eigenvalue weighted by Crippen LogP contribution is -2.38. The van der Waals surface area contributed by atoms with Crippen molar-refractivity contribution in [2.75, 3.05) is 0 Å². The maximum Gasteiger partial charge on any atom is 0.338 e. The molecule has 1 unspecified atom stereocenters. The molecule has 0 bridgehead atoms. The number of thioether (sulfide) groups is 1. The van der Waals surface area contributed by atoms with Crippen molar-refractivity contribution in [1.82, 2.24) is 15.2 Å². The van der Waals surface area contributed by atoms with E-state index in [1.807, 2.05) is 63.1 Å². The summed E-state index contributed by atoms with van der Waals surface area (Å²) in [5.41, 5.74) is 6.06. The zero-order valence-electron chi connectivity index (χ0n) is 20.7. The number of carbonyl (C=O) groups excluding carboxylic acids is 2. The van der Waals surface area contributed by atoms with Crippen LogP contribution in [0.25, 0.3) is 0 Å². The predicted molar refractivity (Wildman–Crippen MR) is 138 cm³/mol. The van der Waals surface area contributed by atoms with Crippen molar-refractivity contribution < 1.29 is 14.3 Å². The molecule has 3 heterocycles. The van der Waals surface area contributed by atoms with E-state index in [-0.39, 0.29) is 24.4 Å². The molecule has 1 amide bonds. The normalized spacial score (nSPS) is 17.2. The first-order valence-electron chi connectivity index (χ1n) is 11.6. The number of esters is 1. The minimum atomic E-state index is -0.429. The van der Waals surface area contributed by atoms with Crippen LogP contribution in [0.3, 0.4) is 0 Å². The molecule has 0 fully saturated rings. The van der Waals surface area contributed by atoms with E-state index >= 15 is 0 Å². The number of nitrogens with zero attached hydrogens (tertiary/aromatic N) is 3. The molecule has 2 aliphatic rings. The van der Waals surface area contributed by atoms with Crippen LogP contribution >= 0.6 is 11.8 Å². The van der Waals surface area contributed by atoms with E-state index in [4.69, 9.17) is 9.73 Å². The summed E-state index contributed by atoms with van der Waals surface area (Å²) in [5.74, 6) is -0.499. The fourth-order valence-corrected chi connectivity index (χ4v) is 5.23. The second kappa shape index (κ2) is 10.5. The summed E-state index contributed by atoms with van der Waals surface area (Å²) in [6.45, 7) is 10.0. The molecule has 1 aromatic heterocycles. The van der Waals surface area contributed by atoms with Gasteiger partial charge >= 0.3 is 5.97 Å². The molecule has 0 radical (unpaired) electrons. The molecule has 2 aliphatic heterocycles. The third-order valence-corrected chi connectivity index (χ3v) is 6.73. The molecule has 35 heavy (non-hydrogen) atoms. The van der Waals surface area contributed by atoms with Crippen molar-refractivity contribution in [2.24, 2.45) is 4.99 Å². The minimum Gasteiger partial charge on any atom is -0.459 e. The van der Waals surface area contributed by atoms with Crippen LogP contribution in [0.2, 0.25) is 0 Å². The largest absolute Gasteiger partial charge is 0.459 e. The number of fused-ring (bicyclic) bond motifs is 1. The van der Waals surface area contributed by atoms with Crippen LogP contribution < -0.4 is 5.32 Å². The van der Waals surface area contributed by atoms with Gasteiger partial charge in [0.15, 0.2) is 5.17 Å². The number of amides is 1. The molecule has 0 aliphatic carbocycles. The summed E-state index contributed by atoms with van der Waals surface area (Å²) in [5, 5.41) is 5.67. The molecule has 1 atom stereocenters. The fraction of sp³-hybridized carbons (Fsp3) is 0.333. The van der Waals surface area contributed by atoms with Crippen LogP contribution in [-0.4, -0.2) is 33.0 Å². The topological polar surface area (TPSA) is 83.9 Å². The number of amidine groups is 1. The zero-order valence-corrected chi connectivity index (χ0v) is 21.5. The van der Waals surface area contributed by atoms with Crippen LogP contribution in [-0.2, 0) is 20.9 Å². The summed E-state index contributed by atoms with van der Waals surface area (Å²) < 4.78 is 5.62. The molecule has 1 aromatic carbocycles. The molecule has 7 nitrogen and oxygen atoms in total. The number of allylic oxidation sites excluding steroid dienone is 1. The molecule has 0 saturated carbocycles. The Balaban J connectivity index is 1.65. The minimum absolute atomic E-state index is 0.112. The van der Waals surface area contributed by atoms with E-state index in [1.165, 1.54) is 11.8 Å². The Bertz CT molecular complexity index is 1230. The first-order valence-corrected chi connectivity index (χ1v) is 12.5. The molecule has 0 spiro atoms. The number of carbonyl (C=O) groups is 2. The summed E-state index contributed by atoms with van der Waals surface area (Å²) >= 11 is 1.47. The molecule has 8 heteroatoms. The highest BCUT2D eigenvalue weighted by Gasteiger charge is 2.41. The van der Waals surface area contributed by atoms with Gasteiger partial charge in [0.1, 0.15) is 0 Å². The highest BCUT2D eigenvalue weighted by Crippen LogP contribution is 2.45. The smallest absolute Gasteiger partial charge is 0.338 e. The standard InChI is InChI=1S/C27H30N4O3S/c1-16(2)34-26(33)24-19(5)30-27-31(25(24)22-9-8-17(3)11-18(22)4)21(15-35-27)12-23(32)29-14-20-7-6-10-28-13-20/h6-11,13,15-16,25H,12,14H2,1-5H3,(H,29,32). The highest BCUT2D eigenvalue weighted by molar-refractivity contribution is 8.16. The summed E-state index contributed by atoms with van der Waals surface area (Å²) in [6.07, 6.45) is 3.35. The van der Waals surface area contributed by atoms with Crippen LogP contribution in [0, 0.1) is 13.8 Å². The van der Waals surface area contributed by atoms with Crippen molar-refractivity contribution in [3.8, 4) is 0 Å². The van der Waals surface area contributed by atoms with E-state index < -0.39 is 6.04 Å². The van der Waals surface area contributed by atoms with Gasteiger partial charge in [0.2, 0.25) is 5.91 Å². The highest BCUT2D eigenvalue weighted by atomic mass is 32.2. The number of aliphatic imine (C=N–C) groups is 1. The lowest BCUT2D eigenvalue weighted by Gasteiger charge is -2.37. The van der Waals surface area contributed by atoms with Gasteiger partial charge in [0.05, 0.1) is 29.8 Å². The molecule has 2 aromatic rings. The number of nitrogens with one attached hydrogen (secondary N) is 1. The maximum absolute atomic E-state index is 13.3. The Morgan fingerprint density at radius 3 is 2.69 bits per heavy atom. The van der Waals surface area contributed by atoms with Crippen molar-refractivity contribution in [1.29, 1.82) is 0 Å². The van der Waals surface area contributed by atoms with E-state index in [0.717, 1.165) is 33.1 Å². The van der Waals surface area contributed by atoms with Crippen molar-refractivity contribution in [3.05, 3.63) is 87.4 Å². The van der Waals surface area contributed by atoms with E-state index in [1.54, 1.807) is 12.4 Å². The average Bonchev–Trinajstić information content (AvgIpc) is 3.19. The maximum atomic E-state index is 13.3. The number of rotatable bonds is 7. The number of benzene rings is 1. The Labute approximate surface area is 210 Å². The predicted octanol–water partition coefficient (Wildman–Crippen LogP) is 4.93. The number of aryl methyl sites for hydroxylation is 2. The quantitative estimate of drug-likeness (QED) is 0.554. The van der Waals surface area contributed by atoms with Crippen LogP contribution in [0.5, 0.6) is 0 Å². The average molecular weight is 491 g/mol. The van der Waals surface area contributed by atoms with E-state index in [2.05, 4.69) is 22.4 Å². The molecular formula is C27H30N4O3S. The Morgan fingerprint density at radius 2 is 2.00 bits per heavy atom. The number of aromatic nitrogens is 1. The first kappa shape index (κ1) is 24.7. The monoisotopic (exact) mass is 490 g/mol. The number of hydrogen-bond donors (Lipinski definition) is 1. The van der Waals surface area contributed by atoms with E-state index in [0.29, 0.717) is 17.8 Å². The summed E-state index contributed by atoms with van der Waals surface area (Å²) in [4.78, 5) is 37.0. The lowest BCUT2D eigenvalue weighted by molar-refractivity contribution is -0.143. The zero-order chi connectivity index (χ0) is 25.1. The third kappa shape index (κ3) is 5.48. The molecule has 4 rings (SSSR count). The molecular weight excluding hydrogens is 460 g/mol. The van der Waals surface area contributed by atoms with Crippen molar-refractivity contribution in [3.63, 3.8) is 0 Å². The number of hydrogen-bond acceptors (Lipinski definition) is 7. The van der Waals surface area contributed by atoms with Gasteiger partial charge in [-0.05, 0) is 62.8 Å². The fourth-order valence-electron chi connectivity index (χ4n) is 4.27.